The molecule has 0 aliphatic carbocycles. The number of unbranched alkanes of at least 4 members (excludes halogenated alkanes) is 15. The van der Waals surface area contributed by atoms with E-state index < -0.39 is 12.1 Å². The standard InChI is InChI=1S/C28H55NO4/c1-5-8-9-10-11-12-13-14-15-16-17-18-19-20-21-22-24-32-27(30)26(25(4)7-3)29-28(31)33-23-6-2/h25-26H,5-24H2,1-4H3,(H,29,31)/t25?,26-/m0/s1. The third-order valence-electron chi connectivity index (χ3n) is 6.42. The lowest BCUT2D eigenvalue weighted by Crippen LogP contribution is -2.46. The van der Waals surface area contributed by atoms with E-state index in [0.717, 1.165) is 25.7 Å². The van der Waals surface area contributed by atoms with Gasteiger partial charge in [0.1, 0.15) is 6.04 Å². The van der Waals surface area contributed by atoms with Crippen LogP contribution < -0.4 is 5.32 Å². The van der Waals surface area contributed by atoms with E-state index in [1.165, 1.54) is 89.9 Å². The summed E-state index contributed by atoms with van der Waals surface area (Å²) in [5.41, 5.74) is 0. The third-order valence-corrected chi connectivity index (χ3v) is 6.42. The second-order valence-electron chi connectivity index (χ2n) is 9.61. The van der Waals surface area contributed by atoms with Crippen LogP contribution in [0.1, 0.15) is 143 Å². The van der Waals surface area contributed by atoms with Gasteiger partial charge in [0, 0.05) is 0 Å². The van der Waals surface area contributed by atoms with Crippen LogP contribution in [-0.2, 0) is 14.3 Å². The topological polar surface area (TPSA) is 64.6 Å². The van der Waals surface area contributed by atoms with E-state index >= 15 is 0 Å². The summed E-state index contributed by atoms with van der Waals surface area (Å²) >= 11 is 0. The number of esters is 1. The van der Waals surface area contributed by atoms with Gasteiger partial charge in [0.15, 0.2) is 0 Å². The molecule has 5 nitrogen and oxygen atoms in total. The maximum Gasteiger partial charge on any atom is 0.407 e. The highest BCUT2D eigenvalue weighted by molar-refractivity contribution is 5.81. The van der Waals surface area contributed by atoms with Crippen LogP contribution in [0.2, 0.25) is 0 Å². The number of nitrogens with one attached hydrogen (secondary N) is 1. The fraction of sp³-hybridized carbons (Fsp3) is 0.929. The molecule has 0 radical (unpaired) electrons. The Hall–Kier alpha value is -1.26. The van der Waals surface area contributed by atoms with Crippen LogP contribution in [0.15, 0.2) is 0 Å². The summed E-state index contributed by atoms with van der Waals surface area (Å²) in [6, 6.07) is -0.639. The Morgan fingerprint density at radius 1 is 0.606 bits per heavy atom. The van der Waals surface area contributed by atoms with Crippen molar-refractivity contribution in [3.05, 3.63) is 0 Å². The normalized spacial score (nSPS) is 12.8. The van der Waals surface area contributed by atoms with Gasteiger partial charge >= 0.3 is 12.1 Å². The molecule has 5 heteroatoms. The van der Waals surface area contributed by atoms with Gasteiger partial charge in [-0.25, -0.2) is 9.59 Å². The highest BCUT2D eigenvalue weighted by atomic mass is 16.6. The molecule has 196 valence electrons. The fourth-order valence-corrected chi connectivity index (χ4v) is 3.95. The Bertz CT molecular complexity index is 455. The molecule has 0 aromatic heterocycles. The minimum absolute atomic E-state index is 0.0115. The number of hydrogen-bond donors (Lipinski definition) is 1. The number of hydrogen-bond acceptors (Lipinski definition) is 4. The first-order valence-electron chi connectivity index (χ1n) is 14.2. The van der Waals surface area contributed by atoms with Gasteiger partial charge in [-0.15, -0.1) is 0 Å². The highest BCUT2D eigenvalue weighted by Gasteiger charge is 2.27. The third kappa shape index (κ3) is 19.9. The minimum Gasteiger partial charge on any atom is -0.464 e. The average Bonchev–Trinajstić information content (AvgIpc) is 2.82. The number of carbonyl (C=O) groups is 2. The molecule has 1 amide bonds. The van der Waals surface area contributed by atoms with E-state index in [4.69, 9.17) is 9.47 Å². The fourth-order valence-electron chi connectivity index (χ4n) is 3.95. The lowest BCUT2D eigenvalue weighted by Gasteiger charge is -2.22. The molecule has 0 spiro atoms. The molecule has 0 saturated heterocycles. The first-order valence-corrected chi connectivity index (χ1v) is 14.2. The Morgan fingerprint density at radius 3 is 1.48 bits per heavy atom. The van der Waals surface area contributed by atoms with Crippen molar-refractivity contribution < 1.29 is 19.1 Å². The van der Waals surface area contributed by atoms with Crippen LogP contribution in [0.3, 0.4) is 0 Å². The van der Waals surface area contributed by atoms with Crippen LogP contribution in [0.4, 0.5) is 4.79 Å². The van der Waals surface area contributed by atoms with E-state index in [0.29, 0.717) is 13.2 Å². The molecular formula is C28H55NO4. The molecule has 0 heterocycles. The summed E-state index contributed by atoms with van der Waals surface area (Å²) in [6.07, 6.45) is 22.1. The average molecular weight is 470 g/mol. The smallest absolute Gasteiger partial charge is 0.407 e. The highest BCUT2D eigenvalue weighted by Crippen LogP contribution is 2.14. The Balaban J connectivity index is 3.62. The summed E-state index contributed by atoms with van der Waals surface area (Å²) in [5, 5.41) is 2.67. The summed E-state index contributed by atoms with van der Waals surface area (Å²) in [4.78, 5) is 24.2. The summed E-state index contributed by atoms with van der Waals surface area (Å²) in [7, 11) is 0. The molecule has 1 unspecified atom stereocenters. The molecular weight excluding hydrogens is 414 g/mol. The van der Waals surface area contributed by atoms with Crippen LogP contribution in [0, 0.1) is 5.92 Å². The Morgan fingerprint density at radius 2 is 1.06 bits per heavy atom. The predicted octanol–water partition coefficient (Wildman–Crippen LogP) is 8.34. The Labute approximate surface area is 205 Å². The van der Waals surface area contributed by atoms with Crippen molar-refractivity contribution in [1.29, 1.82) is 0 Å². The predicted molar refractivity (Wildman–Crippen MR) is 139 cm³/mol. The molecule has 0 aliphatic heterocycles. The zero-order chi connectivity index (χ0) is 24.6. The van der Waals surface area contributed by atoms with E-state index in [1.54, 1.807) is 0 Å². The van der Waals surface area contributed by atoms with Crippen LogP contribution in [0.25, 0.3) is 0 Å². The maximum atomic E-state index is 12.4. The summed E-state index contributed by atoms with van der Waals surface area (Å²) < 4.78 is 10.5. The van der Waals surface area contributed by atoms with Crippen molar-refractivity contribution in [2.75, 3.05) is 13.2 Å². The van der Waals surface area contributed by atoms with Crippen molar-refractivity contribution >= 4 is 12.1 Å². The second-order valence-corrected chi connectivity index (χ2v) is 9.61. The molecule has 0 bridgehead atoms. The van der Waals surface area contributed by atoms with Gasteiger partial charge in [-0.2, -0.15) is 0 Å². The van der Waals surface area contributed by atoms with Crippen LogP contribution >= 0.6 is 0 Å². The molecule has 0 aliphatic rings. The zero-order valence-electron chi connectivity index (χ0n) is 22.4. The zero-order valence-corrected chi connectivity index (χ0v) is 22.4. The molecule has 0 fully saturated rings. The van der Waals surface area contributed by atoms with Gasteiger partial charge in [0.2, 0.25) is 0 Å². The molecule has 0 aromatic rings. The van der Waals surface area contributed by atoms with Gasteiger partial charge < -0.3 is 14.8 Å². The first-order chi connectivity index (χ1) is 16.1. The molecule has 2 atom stereocenters. The van der Waals surface area contributed by atoms with Crippen molar-refractivity contribution in [2.24, 2.45) is 5.92 Å². The number of carbonyl (C=O) groups excluding carboxylic acids is 2. The van der Waals surface area contributed by atoms with E-state index in [-0.39, 0.29) is 11.9 Å². The monoisotopic (exact) mass is 469 g/mol. The van der Waals surface area contributed by atoms with E-state index in [9.17, 15) is 9.59 Å². The minimum atomic E-state index is -0.639. The SMILES string of the molecule is CCCCCCCCCCCCCCCCCCOC(=O)[C@@H](NC(=O)OCCC)C(C)CC. The number of ether oxygens (including phenoxy) is 2. The maximum absolute atomic E-state index is 12.4. The van der Waals surface area contributed by atoms with Crippen molar-refractivity contribution in [3.63, 3.8) is 0 Å². The quantitative estimate of drug-likeness (QED) is 0.121. The number of rotatable bonds is 23. The largest absolute Gasteiger partial charge is 0.464 e. The van der Waals surface area contributed by atoms with E-state index in [2.05, 4.69) is 12.2 Å². The molecule has 0 saturated carbocycles. The summed E-state index contributed by atoms with van der Waals surface area (Å²) in [6.45, 7) is 8.94. The van der Waals surface area contributed by atoms with E-state index in [1.807, 2.05) is 20.8 Å². The number of amides is 1. The second kappa shape index (κ2) is 23.9. The van der Waals surface area contributed by atoms with Gasteiger partial charge in [0.25, 0.3) is 0 Å². The van der Waals surface area contributed by atoms with Gasteiger partial charge in [-0.1, -0.05) is 130 Å². The van der Waals surface area contributed by atoms with Crippen molar-refractivity contribution in [3.8, 4) is 0 Å². The lowest BCUT2D eigenvalue weighted by molar-refractivity contribution is -0.147. The summed E-state index contributed by atoms with van der Waals surface area (Å²) in [5.74, 6) is -0.337. The number of alkyl carbamates (subject to hydrolysis) is 1. The lowest BCUT2D eigenvalue weighted by atomic mass is 9.99. The first kappa shape index (κ1) is 31.7. The van der Waals surface area contributed by atoms with Gasteiger partial charge in [-0.05, 0) is 18.8 Å². The van der Waals surface area contributed by atoms with Gasteiger partial charge in [0.05, 0.1) is 13.2 Å². The molecule has 0 aromatic carbocycles. The van der Waals surface area contributed by atoms with Gasteiger partial charge in [-0.3, -0.25) is 0 Å². The van der Waals surface area contributed by atoms with Crippen LogP contribution in [0.5, 0.6) is 0 Å². The van der Waals surface area contributed by atoms with Crippen molar-refractivity contribution in [1.82, 2.24) is 5.32 Å². The molecule has 0 rings (SSSR count). The molecule has 33 heavy (non-hydrogen) atoms. The van der Waals surface area contributed by atoms with Crippen LogP contribution in [-0.4, -0.2) is 31.3 Å². The van der Waals surface area contributed by atoms with Crippen molar-refractivity contribution in [2.45, 2.75) is 149 Å². The molecule has 1 N–H and O–H groups in total. The Kier molecular flexibility index (Phi) is 23.0.